The number of rotatable bonds is 5. The molecule has 6 aromatic rings. The molecule has 0 saturated heterocycles. The average Bonchev–Trinajstić information content (AvgIpc) is 4.14. The van der Waals surface area contributed by atoms with Crippen molar-refractivity contribution in [3.63, 3.8) is 0 Å². The Bertz CT molecular complexity index is 2680. The van der Waals surface area contributed by atoms with Gasteiger partial charge in [-0.15, -0.1) is 0 Å². The van der Waals surface area contributed by atoms with Gasteiger partial charge in [-0.05, 0) is 138 Å². The van der Waals surface area contributed by atoms with E-state index in [1.807, 2.05) is 61.8 Å². The molecule has 62 heavy (non-hydrogen) atoms. The first kappa shape index (κ1) is 43.3. The molecule has 4 aliphatic rings. The van der Waals surface area contributed by atoms with Crippen molar-refractivity contribution in [3.05, 3.63) is 116 Å². The second kappa shape index (κ2) is 20.2. The van der Waals surface area contributed by atoms with E-state index in [4.69, 9.17) is 16.7 Å². The Kier molecular flexibility index (Phi) is 14.1. The molecule has 2 saturated carbocycles. The summed E-state index contributed by atoms with van der Waals surface area (Å²) >= 11 is 0. The molecule has 2 atom stereocenters. The third kappa shape index (κ3) is 10.6. The number of hydrogen-bond acceptors (Lipinski definition) is 9. The molecule has 8 heterocycles. The van der Waals surface area contributed by atoms with Gasteiger partial charge < -0.3 is 42.2 Å². The number of aromatic nitrogens is 8. The van der Waals surface area contributed by atoms with Gasteiger partial charge in [0.2, 0.25) is 11.8 Å². The summed E-state index contributed by atoms with van der Waals surface area (Å²) in [5.41, 5.74) is 16.0. The Balaban J connectivity index is 0.000000133. The molecule has 16 heteroatoms. The van der Waals surface area contributed by atoms with Gasteiger partial charge >= 0.3 is 0 Å². The van der Waals surface area contributed by atoms with Crippen LogP contribution in [-0.4, -0.2) is 73.7 Å². The SMILES string of the molecule is C[C@@H](N)C1CCC(C(=O)N=c2ccn(O)c3[nH]ccc23)CC1.C[C@@H](N)C1CCC(C(=O)Nc2ccnc3[nH]ccc23)CC1.On1cccc2ccnc1-2.c1cnc2[nH]ccc2c1. The molecule has 0 spiro atoms. The third-order valence-electron chi connectivity index (χ3n) is 12.1. The Morgan fingerprint density at radius 2 is 1.34 bits per heavy atom. The van der Waals surface area contributed by atoms with E-state index in [0.717, 1.165) is 99.5 Å². The monoisotopic (exact) mass is 840 g/mol. The number of nitrogens with zero attached hydrogens (tertiary/aromatic N) is 6. The smallest absolute Gasteiger partial charge is 0.249 e. The van der Waals surface area contributed by atoms with Gasteiger partial charge in [-0.3, -0.25) is 9.59 Å². The second-order valence-corrected chi connectivity index (χ2v) is 16.3. The number of carbonyl (C=O) groups is 2. The number of H-pyrrole nitrogens is 3. The van der Waals surface area contributed by atoms with E-state index in [1.165, 1.54) is 6.20 Å². The van der Waals surface area contributed by atoms with Crippen LogP contribution in [0.1, 0.15) is 65.2 Å². The minimum Gasteiger partial charge on any atom is -0.427 e. The van der Waals surface area contributed by atoms with Crippen molar-refractivity contribution in [2.45, 2.75) is 77.3 Å². The van der Waals surface area contributed by atoms with Gasteiger partial charge in [-0.2, -0.15) is 9.46 Å². The molecule has 0 radical (unpaired) electrons. The largest absolute Gasteiger partial charge is 0.427 e. The fraction of sp³-hybridized carbons (Fsp3) is 0.348. The maximum atomic E-state index is 12.4. The summed E-state index contributed by atoms with van der Waals surface area (Å²) in [6, 6.07) is 19.1. The van der Waals surface area contributed by atoms with Crippen LogP contribution in [0.2, 0.25) is 0 Å². The molecule has 0 bridgehead atoms. The molecule has 2 aliphatic carbocycles. The van der Waals surface area contributed by atoms with E-state index in [2.05, 4.69) is 47.1 Å². The number of fused-ring (bicyclic) bond motifs is 4. The number of hydrogen-bond donors (Lipinski definition) is 8. The minimum absolute atomic E-state index is 0.00884. The van der Waals surface area contributed by atoms with Crippen molar-refractivity contribution in [1.29, 1.82) is 0 Å². The lowest BCUT2D eigenvalue weighted by Gasteiger charge is -2.30. The summed E-state index contributed by atoms with van der Waals surface area (Å²) in [5, 5.41) is 25.3. The van der Waals surface area contributed by atoms with Crippen molar-refractivity contribution in [3.8, 4) is 11.4 Å². The number of aromatic amines is 3. The summed E-state index contributed by atoms with van der Waals surface area (Å²) in [5.74, 6) is 1.82. The number of nitrogens with two attached hydrogens (primary N) is 2. The van der Waals surface area contributed by atoms with Gasteiger partial charge in [-0.1, -0.05) is 0 Å². The molecular formula is C46H56N12O4. The molecule has 2 aliphatic heterocycles. The van der Waals surface area contributed by atoms with Crippen molar-refractivity contribution < 1.29 is 20.0 Å². The molecule has 0 aromatic carbocycles. The number of anilines is 1. The summed E-state index contributed by atoms with van der Waals surface area (Å²) < 4.78 is 2.00. The Hall–Kier alpha value is -6.78. The van der Waals surface area contributed by atoms with Crippen LogP contribution in [0.25, 0.3) is 44.5 Å². The number of nitrogens with one attached hydrogen (secondary N) is 4. The lowest BCUT2D eigenvalue weighted by atomic mass is 9.79. The first-order valence-electron chi connectivity index (χ1n) is 21.3. The highest BCUT2D eigenvalue weighted by atomic mass is 16.5. The fourth-order valence-electron chi connectivity index (χ4n) is 8.31. The van der Waals surface area contributed by atoms with Crippen molar-refractivity contribution in [2.75, 3.05) is 5.32 Å². The van der Waals surface area contributed by atoms with Crippen molar-refractivity contribution in [1.82, 2.24) is 39.4 Å². The predicted octanol–water partition coefficient (Wildman–Crippen LogP) is 7.23. The number of amides is 2. The summed E-state index contributed by atoms with van der Waals surface area (Å²) in [4.78, 5) is 50.4. The highest BCUT2D eigenvalue weighted by molar-refractivity contribution is 6.01. The van der Waals surface area contributed by atoms with Crippen LogP contribution >= 0.6 is 0 Å². The normalized spacial score (nSPS) is 20.0. The van der Waals surface area contributed by atoms with E-state index in [1.54, 1.807) is 49.2 Å². The van der Waals surface area contributed by atoms with Crippen LogP contribution in [0.5, 0.6) is 0 Å². The van der Waals surface area contributed by atoms with Crippen molar-refractivity contribution in [2.24, 2.45) is 40.1 Å². The van der Waals surface area contributed by atoms with Gasteiger partial charge in [0.15, 0.2) is 11.5 Å². The Labute approximate surface area is 358 Å². The van der Waals surface area contributed by atoms with Crippen molar-refractivity contribution >= 4 is 50.6 Å². The van der Waals surface area contributed by atoms with Crippen LogP contribution in [0.4, 0.5) is 5.69 Å². The van der Waals surface area contributed by atoms with Crippen LogP contribution in [0.3, 0.4) is 0 Å². The van der Waals surface area contributed by atoms with Gasteiger partial charge in [0.25, 0.3) is 0 Å². The first-order valence-corrected chi connectivity index (χ1v) is 21.3. The maximum absolute atomic E-state index is 12.4. The Morgan fingerprint density at radius 3 is 2.05 bits per heavy atom. The lowest BCUT2D eigenvalue weighted by molar-refractivity contribution is -0.123. The predicted molar refractivity (Wildman–Crippen MR) is 239 cm³/mol. The van der Waals surface area contributed by atoms with Crippen LogP contribution in [0.15, 0.2) is 115 Å². The highest BCUT2D eigenvalue weighted by Gasteiger charge is 2.29. The maximum Gasteiger partial charge on any atom is 0.249 e. The van der Waals surface area contributed by atoms with E-state index >= 15 is 0 Å². The molecule has 324 valence electrons. The van der Waals surface area contributed by atoms with Crippen LogP contribution in [0, 0.1) is 23.7 Å². The zero-order chi connectivity index (χ0) is 43.6. The molecule has 0 unspecified atom stereocenters. The number of pyridine rings is 4. The summed E-state index contributed by atoms with van der Waals surface area (Å²) in [6.07, 6.45) is 21.3. The topological polar surface area (TPSA) is 247 Å². The van der Waals surface area contributed by atoms with Gasteiger partial charge in [0, 0.05) is 95.2 Å². The van der Waals surface area contributed by atoms with E-state index < -0.39 is 0 Å². The van der Waals surface area contributed by atoms with E-state index in [0.29, 0.717) is 28.7 Å². The van der Waals surface area contributed by atoms with Gasteiger partial charge in [0.1, 0.15) is 11.3 Å². The molecule has 10 N–H and O–H groups in total. The molecule has 2 fully saturated rings. The van der Waals surface area contributed by atoms with Gasteiger partial charge in [-0.25, -0.2) is 19.9 Å². The average molecular weight is 841 g/mol. The minimum atomic E-state index is -0.0682. The second-order valence-electron chi connectivity index (χ2n) is 16.3. The fourth-order valence-corrected chi connectivity index (χ4v) is 8.31. The third-order valence-corrected chi connectivity index (χ3v) is 12.1. The number of carbonyl (C=O) groups excluding carboxylic acids is 2. The molecule has 6 aromatic heterocycles. The summed E-state index contributed by atoms with van der Waals surface area (Å²) in [7, 11) is 0. The van der Waals surface area contributed by atoms with Gasteiger partial charge in [0.05, 0.1) is 11.0 Å². The molecular weight excluding hydrogens is 785 g/mol. The first-order chi connectivity index (χ1) is 30.0. The Morgan fingerprint density at radius 1 is 0.694 bits per heavy atom. The standard InChI is InChI=1S/C16H22N4O2.C16H22N4O.C7H6N2O.C7H6N2/c1-10(17)11-2-4-12(5-3-11)16(21)19-14-7-9-20(22)15-13(14)6-8-18-15;1-10(17)11-2-4-12(5-3-11)16(21)20-14-7-9-19-15-13(14)6-8-18-15;10-9-5-1-2-6-3-4-8-7(6)9;1-2-6-3-5-9-7(6)8-4-1/h6-12,18,22H,2-5,17H2,1H3;6-12H,2-5,17H2,1H3,(H2,18,19,20,21);1-5,10H;1-5H,(H,8,9)/t2*10-,11?,12?;;/m11../s1. The van der Waals surface area contributed by atoms with E-state index in [-0.39, 0.29) is 35.7 Å². The zero-order valence-corrected chi connectivity index (χ0v) is 35.1. The molecule has 16 nitrogen and oxygen atoms in total. The molecule has 10 rings (SSSR count). The molecule has 2 amide bonds. The lowest BCUT2D eigenvalue weighted by Crippen LogP contribution is -2.33. The van der Waals surface area contributed by atoms with Crippen LogP contribution < -0.4 is 22.1 Å². The quantitative estimate of drug-likeness (QED) is 0.0813. The van der Waals surface area contributed by atoms with Crippen LogP contribution in [-0.2, 0) is 9.59 Å². The summed E-state index contributed by atoms with van der Waals surface area (Å²) in [6.45, 7) is 4.10. The van der Waals surface area contributed by atoms with E-state index in [9.17, 15) is 14.8 Å². The highest BCUT2D eigenvalue weighted by Crippen LogP contribution is 2.32. The zero-order valence-electron chi connectivity index (χ0n) is 35.1.